The fourth-order valence-electron chi connectivity index (χ4n) is 3.60. The predicted octanol–water partition coefficient (Wildman–Crippen LogP) is 2.90. The molecule has 2 fully saturated rings. The highest BCUT2D eigenvalue weighted by atomic mass is 32.2. The Bertz CT molecular complexity index is 685. The fourth-order valence-corrected chi connectivity index (χ4v) is 5.02. The quantitative estimate of drug-likeness (QED) is 0.865. The van der Waals surface area contributed by atoms with Crippen LogP contribution in [0.25, 0.3) is 10.9 Å². The lowest BCUT2D eigenvalue weighted by Crippen LogP contribution is -2.54. The number of hydrogen-bond acceptors (Lipinski definition) is 4. The number of nitrogens with zero attached hydrogens (tertiary/aromatic N) is 1. The van der Waals surface area contributed by atoms with Gasteiger partial charge in [0.25, 0.3) is 0 Å². The van der Waals surface area contributed by atoms with Crippen LogP contribution in [0, 0.1) is 0 Å². The van der Waals surface area contributed by atoms with Crippen LogP contribution in [0.15, 0.2) is 30.5 Å². The molecule has 0 saturated carbocycles. The van der Waals surface area contributed by atoms with Crippen LogP contribution in [-0.2, 0) is 4.74 Å². The Morgan fingerprint density at radius 1 is 1.27 bits per heavy atom. The Balaban J connectivity index is 1.50. The molecule has 3 atom stereocenters. The van der Waals surface area contributed by atoms with Crippen LogP contribution in [0.1, 0.15) is 23.2 Å². The number of aromatic amines is 1. The van der Waals surface area contributed by atoms with Crippen LogP contribution in [-0.4, -0.2) is 52.6 Å². The highest BCUT2D eigenvalue weighted by molar-refractivity contribution is 7.99. The molecule has 2 saturated heterocycles. The topological polar surface area (TPSA) is 45.3 Å². The van der Waals surface area contributed by atoms with Crippen molar-refractivity contribution in [2.45, 2.75) is 31.0 Å². The number of para-hydroxylation sites is 1. The predicted molar refractivity (Wildman–Crippen MR) is 89.4 cm³/mol. The van der Waals surface area contributed by atoms with Crippen LogP contribution in [0.4, 0.5) is 0 Å². The number of thioether (sulfide) groups is 1. The van der Waals surface area contributed by atoms with E-state index < -0.39 is 0 Å². The zero-order valence-electron chi connectivity index (χ0n) is 12.6. The summed E-state index contributed by atoms with van der Waals surface area (Å²) in [5.74, 6) is 2.10. The summed E-state index contributed by atoms with van der Waals surface area (Å²) >= 11 is 2.02. The first kappa shape index (κ1) is 14.2. The van der Waals surface area contributed by atoms with Gasteiger partial charge in [-0.3, -0.25) is 4.90 Å². The number of hydrogen-bond donors (Lipinski definition) is 1. The van der Waals surface area contributed by atoms with E-state index in [9.17, 15) is 4.79 Å². The third kappa shape index (κ3) is 2.42. The lowest BCUT2D eigenvalue weighted by molar-refractivity contribution is -0.00975. The second-order valence-corrected chi connectivity index (χ2v) is 7.33. The molecule has 0 aliphatic carbocycles. The minimum absolute atomic E-state index is 0.0493. The highest BCUT2D eigenvalue weighted by Gasteiger charge is 2.38. The van der Waals surface area contributed by atoms with Crippen LogP contribution in [0.3, 0.4) is 0 Å². The van der Waals surface area contributed by atoms with Gasteiger partial charge in [-0.2, -0.15) is 11.8 Å². The van der Waals surface area contributed by atoms with Crippen molar-refractivity contribution in [2.24, 2.45) is 0 Å². The van der Waals surface area contributed by atoms with Crippen LogP contribution in [0.2, 0.25) is 0 Å². The van der Waals surface area contributed by atoms with Crippen LogP contribution >= 0.6 is 11.8 Å². The van der Waals surface area contributed by atoms with Crippen molar-refractivity contribution < 1.29 is 9.53 Å². The molecule has 1 N–H and O–H groups in total. The van der Waals surface area contributed by atoms with Gasteiger partial charge in [-0.1, -0.05) is 18.2 Å². The van der Waals surface area contributed by atoms with E-state index in [1.807, 2.05) is 36.0 Å². The number of ether oxygens (including phenoxy) is 1. The van der Waals surface area contributed by atoms with Crippen molar-refractivity contribution in [2.75, 3.05) is 18.6 Å². The summed E-state index contributed by atoms with van der Waals surface area (Å²) in [6.45, 7) is 0. The third-order valence-electron chi connectivity index (χ3n) is 4.93. The Morgan fingerprint density at radius 2 is 2.00 bits per heavy atom. The monoisotopic (exact) mass is 316 g/mol. The molecule has 5 heteroatoms. The highest BCUT2D eigenvalue weighted by Crippen LogP contribution is 2.33. The van der Waals surface area contributed by atoms with Gasteiger partial charge >= 0.3 is 5.97 Å². The van der Waals surface area contributed by atoms with Gasteiger partial charge < -0.3 is 9.72 Å². The molecule has 3 heterocycles. The molecule has 1 aromatic carbocycles. The van der Waals surface area contributed by atoms with E-state index in [1.165, 1.54) is 0 Å². The maximum atomic E-state index is 12.5. The van der Waals surface area contributed by atoms with E-state index in [2.05, 4.69) is 16.9 Å². The number of aromatic nitrogens is 1. The molecule has 4 rings (SSSR count). The van der Waals surface area contributed by atoms with Crippen molar-refractivity contribution in [3.63, 3.8) is 0 Å². The van der Waals surface area contributed by atoms with Crippen molar-refractivity contribution in [3.8, 4) is 0 Å². The summed E-state index contributed by atoms with van der Waals surface area (Å²) in [4.78, 5) is 18.1. The molecule has 4 nitrogen and oxygen atoms in total. The standard InChI is InChI=1S/C17H20N2O2S/c1-19-11-6-13(7-12(19)10-22-9-11)21-17(20)15-8-18-16-5-3-2-4-14(15)16/h2-5,8,11-13,18H,6-7,9-10H2,1H3/t11-,12+,13?. The number of H-pyrrole nitrogens is 1. The van der Waals surface area contributed by atoms with E-state index in [0.29, 0.717) is 17.6 Å². The first-order valence-corrected chi connectivity index (χ1v) is 8.94. The summed E-state index contributed by atoms with van der Waals surface area (Å²) in [6.07, 6.45) is 3.72. The molecule has 0 spiro atoms. The van der Waals surface area contributed by atoms with Crippen molar-refractivity contribution >= 4 is 28.6 Å². The minimum atomic E-state index is -0.197. The van der Waals surface area contributed by atoms with E-state index in [-0.39, 0.29) is 12.1 Å². The van der Waals surface area contributed by atoms with E-state index in [4.69, 9.17) is 4.74 Å². The number of esters is 1. The number of fused-ring (bicyclic) bond motifs is 3. The largest absolute Gasteiger partial charge is 0.459 e. The van der Waals surface area contributed by atoms with E-state index in [1.54, 1.807) is 6.20 Å². The van der Waals surface area contributed by atoms with Gasteiger partial charge in [-0.15, -0.1) is 0 Å². The molecule has 2 bridgehead atoms. The summed E-state index contributed by atoms with van der Waals surface area (Å²) in [6, 6.07) is 8.93. The number of benzene rings is 1. The Kier molecular flexibility index (Phi) is 3.62. The molecule has 0 radical (unpaired) electrons. The summed E-state index contributed by atoms with van der Waals surface area (Å²) in [5.41, 5.74) is 1.63. The van der Waals surface area contributed by atoms with Crippen molar-refractivity contribution in [3.05, 3.63) is 36.0 Å². The molecule has 1 unspecified atom stereocenters. The zero-order chi connectivity index (χ0) is 15.1. The SMILES string of the molecule is CN1[C@@H]2CSC[C@H]1CC(OC(=O)c1c[nH]c3ccccc13)C2. The second kappa shape index (κ2) is 5.63. The van der Waals surface area contributed by atoms with Gasteiger partial charge in [0.05, 0.1) is 5.56 Å². The Hall–Kier alpha value is -1.46. The molecule has 2 aromatic rings. The minimum Gasteiger partial charge on any atom is -0.459 e. The van der Waals surface area contributed by atoms with Crippen molar-refractivity contribution in [1.82, 2.24) is 9.88 Å². The first-order valence-electron chi connectivity index (χ1n) is 7.79. The van der Waals surface area contributed by atoms with Gasteiger partial charge in [-0.05, 0) is 13.1 Å². The zero-order valence-corrected chi connectivity index (χ0v) is 13.4. The molecule has 0 amide bonds. The number of nitrogens with one attached hydrogen (secondary N) is 1. The summed E-state index contributed by atoms with van der Waals surface area (Å²) in [7, 11) is 2.20. The van der Waals surface area contributed by atoms with Crippen molar-refractivity contribution in [1.29, 1.82) is 0 Å². The Morgan fingerprint density at radius 3 is 2.77 bits per heavy atom. The molecular formula is C17H20N2O2S. The second-order valence-electron chi connectivity index (χ2n) is 6.26. The Labute approximate surface area is 134 Å². The number of carbonyl (C=O) groups is 1. The number of rotatable bonds is 2. The lowest BCUT2D eigenvalue weighted by atomic mass is 9.95. The lowest BCUT2D eigenvalue weighted by Gasteiger charge is -2.46. The maximum absolute atomic E-state index is 12.5. The average molecular weight is 316 g/mol. The first-order chi connectivity index (χ1) is 10.7. The molecule has 2 aliphatic rings. The van der Waals surface area contributed by atoms with Gasteiger partial charge in [0.15, 0.2) is 0 Å². The van der Waals surface area contributed by atoms with Crippen LogP contribution in [0.5, 0.6) is 0 Å². The van der Waals surface area contributed by atoms with Crippen LogP contribution < -0.4 is 0 Å². The molecule has 2 aliphatic heterocycles. The summed E-state index contributed by atoms with van der Waals surface area (Å²) < 4.78 is 5.83. The fraction of sp³-hybridized carbons (Fsp3) is 0.471. The molecule has 116 valence electrons. The summed E-state index contributed by atoms with van der Waals surface area (Å²) in [5, 5.41) is 0.941. The number of carbonyl (C=O) groups excluding carboxylic acids is 1. The normalized spacial score (nSPS) is 28.7. The number of piperidine rings is 1. The van der Waals surface area contributed by atoms with Gasteiger partial charge in [0.1, 0.15) is 6.10 Å². The molecular weight excluding hydrogens is 296 g/mol. The van der Waals surface area contributed by atoms with Gasteiger partial charge in [-0.25, -0.2) is 4.79 Å². The maximum Gasteiger partial charge on any atom is 0.340 e. The van der Waals surface area contributed by atoms with E-state index >= 15 is 0 Å². The molecule has 1 aromatic heterocycles. The smallest absolute Gasteiger partial charge is 0.340 e. The molecule has 22 heavy (non-hydrogen) atoms. The van der Waals surface area contributed by atoms with E-state index in [0.717, 1.165) is 35.3 Å². The van der Waals surface area contributed by atoms with Gasteiger partial charge in [0, 0.05) is 53.5 Å². The third-order valence-corrected chi connectivity index (χ3v) is 6.17. The van der Waals surface area contributed by atoms with Gasteiger partial charge in [0.2, 0.25) is 0 Å². The average Bonchev–Trinajstić information content (AvgIpc) is 2.92.